The van der Waals surface area contributed by atoms with Crippen molar-refractivity contribution in [1.29, 1.82) is 0 Å². The average Bonchev–Trinajstić information content (AvgIpc) is 1.68. The van der Waals surface area contributed by atoms with E-state index in [2.05, 4.69) is 17.5 Å². The topological polar surface area (TPSA) is 29.4 Å². The van der Waals surface area contributed by atoms with Gasteiger partial charge in [-0.2, -0.15) is 4.91 Å². The highest BCUT2D eigenvalue weighted by Crippen LogP contribution is 1.85. The minimum atomic E-state index is 0.212. The number of rotatable bonds is 2. The van der Waals surface area contributed by atoms with Gasteiger partial charge >= 0.3 is 0 Å². The normalized spacial score (nSPS) is 7.00. The first-order chi connectivity index (χ1) is 3.31. The highest BCUT2D eigenvalue weighted by atomic mass is 16.3. The van der Waals surface area contributed by atoms with Crippen molar-refractivity contribution in [3.05, 3.63) is 22.8 Å². The molecule has 0 saturated heterocycles. The molecule has 0 aromatic heterocycles. The van der Waals surface area contributed by atoms with Crippen LogP contribution in [-0.4, -0.2) is 6.54 Å². The van der Waals surface area contributed by atoms with Gasteiger partial charge in [-0.25, -0.2) is 0 Å². The molecule has 0 aliphatic rings. The summed E-state index contributed by atoms with van der Waals surface area (Å²) in [5.41, 5.74) is 3.33. The average molecular weight is 97.1 g/mol. The third kappa shape index (κ3) is 2.94. The predicted molar refractivity (Wildman–Crippen MR) is 29.0 cm³/mol. The summed E-state index contributed by atoms with van der Waals surface area (Å²) >= 11 is 0. The van der Waals surface area contributed by atoms with E-state index in [9.17, 15) is 4.91 Å². The standard InChI is InChI=1S/C5H7NO/c1-3-5(2)4-6-7/h1,4H2,2H3. The molecule has 0 N–H and O–H groups in total. The van der Waals surface area contributed by atoms with Crippen molar-refractivity contribution in [3.63, 3.8) is 0 Å². The highest BCUT2D eigenvalue weighted by Gasteiger charge is 1.79. The Labute approximate surface area is 42.5 Å². The van der Waals surface area contributed by atoms with E-state index in [0.717, 1.165) is 5.57 Å². The smallest absolute Gasteiger partial charge is 0.109 e. The Hall–Kier alpha value is -0.880. The molecule has 2 nitrogen and oxygen atoms in total. The first-order valence-corrected chi connectivity index (χ1v) is 1.96. The number of nitroso groups, excluding NO2 is 1. The van der Waals surface area contributed by atoms with Gasteiger partial charge in [0.2, 0.25) is 0 Å². The SMILES string of the molecule is C=C=C(C)CN=O. The summed E-state index contributed by atoms with van der Waals surface area (Å²) in [6.45, 7) is 5.29. The first-order valence-electron chi connectivity index (χ1n) is 1.96. The van der Waals surface area contributed by atoms with Crippen LogP contribution in [0.2, 0.25) is 0 Å². The lowest BCUT2D eigenvalue weighted by atomic mass is 10.3. The molecular formula is C5H7NO. The Kier molecular flexibility index (Phi) is 2.90. The van der Waals surface area contributed by atoms with Gasteiger partial charge < -0.3 is 0 Å². The lowest BCUT2D eigenvalue weighted by Gasteiger charge is -1.78. The van der Waals surface area contributed by atoms with Gasteiger partial charge in [-0.1, -0.05) is 11.8 Å². The van der Waals surface area contributed by atoms with Gasteiger partial charge in [0.05, 0.1) is 0 Å². The van der Waals surface area contributed by atoms with E-state index < -0.39 is 0 Å². The molecule has 0 unspecified atom stereocenters. The lowest BCUT2D eigenvalue weighted by Crippen LogP contribution is -1.75. The highest BCUT2D eigenvalue weighted by molar-refractivity contribution is 4.95. The van der Waals surface area contributed by atoms with Crippen molar-refractivity contribution in [1.82, 2.24) is 0 Å². The fraction of sp³-hybridized carbons (Fsp3) is 0.400. The van der Waals surface area contributed by atoms with Crippen molar-refractivity contribution in [3.8, 4) is 0 Å². The van der Waals surface area contributed by atoms with Gasteiger partial charge in [-0.05, 0) is 12.5 Å². The fourth-order valence-corrected chi connectivity index (χ4v) is 0.153. The molecule has 0 bridgehead atoms. The molecule has 0 heterocycles. The minimum absolute atomic E-state index is 0.212. The van der Waals surface area contributed by atoms with Crippen LogP contribution in [0.1, 0.15) is 6.92 Å². The van der Waals surface area contributed by atoms with E-state index in [1.807, 2.05) is 0 Å². The molecule has 0 amide bonds. The zero-order valence-electron chi connectivity index (χ0n) is 4.27. The molecule has 0 aliphatic carbocycles. The molecule has 0 rings (SSSR count). The van der Waals surface area contributed by atoms with Gasteiger partial charge in [0.25, 0.3) is 0 Å². The zero-order valence-corrected chi connectivity index (χ0v) is 4.27. The lowest BCUT2D eigenvalue weighted by molar-refractivity contribution is 1.13. The van der Waals surface area contributed by atoms with Crippen LogP contribution in [0.5, 0.6) is 0 Å². The van der Waals surface area contributed by atoms with Gasteiger partial charge in [0.15, 0.2) is 0 Å². The molecule has 0 radical (unpaired) electrons. The van der Waals surface area contributed by atoms with Crippen LogP contribution in [0.15, 0.2) is 23.1 Å². The Morgan fingerprint density at radius 1 is 2.00 bits per heavy atom. The second kappa shape index (κ2) is 3.32. The van der Waals surface area contributed by atoms with Crippen LogP contribution < -0.4 is 0 Å². The van der Waals surface area contributed by atoms with Gasteiger partial charge in [0.1, 0.15) is 6.54 Å². The largest absolute Gasteiger partial charge is 0.150 e. The van der Waals surface area contributed by atoms with E-state index in [4.69, 9.17) is 0 Å². The Balaban J connectivity index is 3.58. The summed E-state index contributed by atoms with van der Waals surface area (Å²) in [5.74, 6) is 0. The molecule has 0 aliphatic heterocycles. The summed E-state index contributed by atoms with van der Waals surface area (Å²) in [5, 5.41) is 2.62. The molecule has 0 aromatic rings. The summed E-state index contributed by atoms with van der Waals surface area (Å²) in [6.07, 6.45) is 0. The molecule has 0 fully saturated rings. The maximum atomic E-state index is 9.44. The third-order valence-electron chi connectivity index (χ3n) is 0.603. The summed E-state index contributed by atoms with van der Waals surface area (Å²) in [4.78, 5) is 9.44. The van der Waals surface area contributed by atoms with Crippen molar-refractivity contribution in [2.45, 2.75) is 6.92 Å². The van der Waals surface area contributed by atoms with Gasteiger partial charge in [0, 0.05) is 0 Å². The van der Waals surface area contributed by atoms with E-state index >= 15 is 0 Å². The van der Waals surface area contributed by atoms with Crippen LogP contribution in [0.4, 0.5) is 0 Å². The predicted octanol–water partition coefficient (Wildman–Crippen LogP) is 1.48. The van der Waals surface area contributed by atoms with Gasteiger partial charge in [-0.15, -0.1) is 5.73 Å². The minimum Gasteiger partial charge on any atom is -0.150 e. The molecule has 2 heteroatoms. The van der Waals surface area contributed by atoms with Crippen LogP contribution in [0, 0.1) is 4.91 Å². The van der Waals surface area contributed by atoms with E-state index in [1.165, 1.54) is 0 Å². The van der Waals surface area contributed by atoms with Crippen LogP contribution >= 0.6 is 0 Å². The Morgan fingerprint density at radius 3 is 2.71 bits per heavy atom. The van der Waals surface area contributed by atoms with Crippen LogP contribution in [0.25, 0.3) is 0 Å². The van der Waals surface area contributed by atoms with Crippen molar-refractivity contribution >= 4 is 0 Å². The Bertz CT molecular complexity index is 111. The van der Waals surface area contributed by atoms with E-state index in [-0.39, 0.29) is 6.54 Å². The number of hydrogen-bond acceptors (Lipinski definition) is 2. The second-order valence-electron chi connectivity index (χ2n) is 1.24. The molecule has 0 spiro atoms. The molecule has 0 atom stereocenters. The maximum Gasteiger partial charge on any atom is 0.109 e. The molecule has 0 aromatic carbocycles. The summed E-state index contributed by atoms with van der Waals surface area (Å²) < 4.78 is 0. The van der Waals surface area contributed by atoms with Crippen LogP contribution in [-0.2, 0) is 0 Å². The van der Waals surface area contributed by atoms with Crippen molar-refractivity contribution in [2.24, 2.45) is 5.18 Å². The molecule has 7 heavy (non-hydrogen) atoms. The molecule has 38 valence electrons. The monoisotopic (exact) mass is 97.1 g/mol. The quantitative estimate of drug-likeness (QED) is 0.379. The summed E-state index contributed by atoms with van der Waals surface area (Å²) in [7, 11) is 0. The van der Waals surface area contributed by atoms with Crippen molar-refractivity contribution < 1.29 is 0 Å². The van der Waals surface area contributed by atoms with Gasteiger partial charge in [-0.3, -0.25) is 0 Å². The Morgan fingerprint density at radius 2 is 2.57 bits per heavy atom. The fourth-order valence-electron chi connectivity index (χ4n) is 0.153. The first kappa shape index (κ1) is 6.12. The number of nitrogens with zero attached hydrogens (tertiary/aromatic N) is 1. The van der Waals surface area contributed by atoms with Crippen molar-refractivity contribution in [2.75, 3.05) is 6.54 Å². The van der Waals surface area contributed by atoms with E-state index in [1.54, 1.807) is 6.92 Å². The molecule has 0 saturated carbocycles. The van der Waals surface area contributed by atoms with Crippen LogP contribution in [0.3, 0.4) is 0 Å². The maximum absolute atomic E-state index is 9.44. The second-order valence-corrected chi connectivity index (χ2v) is 1.24. The number of hydrogen-bond donors (Lipinski definition) is 0. The van der Waals surface area contributed by atoms with E-state index in [0.29, 0.717) is 0 Å². The molecular weight excluding hydrogens is 90.1 g/mol. The third-order valence-corrected chi connectivity index (χ3v) is 0.603. The zero-order chi connectivity index (χ0) is 5.70. The summed E-state index contributed by atoms with van der Waals surface area (Å²) in [6, 6.07) is 0.